The second kappa shape index (κ2) is 5.59. The summed E-state index contributed by atoms with van der Waals surface area (Å²) < 4.78 is 42.8. The Bertz CT molecular complexity index is 400. The first-order valence-electron chi connectivity index (χ1n) is 6.59. The van der Waals surface area contributed by atoms with E-state index in [9.17, 15) is 22.8 Å². The molecule has 2 unspecified atom stereocenters. The van der Waals surface area contributed by atoms with E-state index in [-0.39, 0.29) is 19.1 Å². The molecular formula is C12H17F3N2O3. The lowest BCUT2D eigenvalue weighted by Gasteiger charge is -2.35. The van der Waals surface area contributed by atoms with Crippen LogP contribution in [0.2, 0.25) is 0 Å². The monoisotopic (exact) mass is 294 g/mol. The summed E-state index contributed by atoms with van der Waals surface area (Å²) >= 11 is 0. The van der Waals surface area contributed by atoms with Gasteiger partial charge in [-0.15, -0.1) is 0 Å². The Morgan fingerprint density at radius 3 is 2.55 bits per heavy atom. The van der Waals surface area contributed by atoms with Crippen LogP contribution in [0.25, 0.3) is 0 Å². The van der Waals surface area contributed by atoms with Gasteiger partial charge in [0.1, 0.15) is 6.04 Å². The van der Waals surface area contributed by atoms with Crippen LogP contribution in [0.3, 0.4) is 0 Å². The number of amides is 2. The average Bonchev–Trinajstić information content (AvgIpc) is 2.84. The number of hydrogen-bond acceptors (Lipinski definition) is 3. The number of likely N-dealkylation sites (tertiary alicyclic amines) is 1. The summed E-state index contributed by atoms with van der Waals surface area (Å²) in [5, 5.41) is 0. The van der Waals surface area contributed by atoms with Crippen LogP contribution in [-0.4, -0.2) is 66.2 Å². The molecule has 2 aliphatic rings. The number of nitrogens with zero attached hydrogens (tertiary/aromatic N) is 2. The van der Waals surface area contributed by atoms with Gasteiger partial charge in [0, 0.05) is 19.6 Å². The Hall–Kier alpha value is -1.31. The van der Waals surface area contributed by atoms with Crippen molar-refractivity contribution in [3.63, 3.8) is 0 Å². The minimum Gasteiger partial charge on any atom is -0.375 e. The van der Waals surface area contributed by atoms with Crippen LogP contribution >= 0.6 is 0 Å². The smallest absolute Gasteiger partial charge is 0.375 e. The fourth-order valence-corrected chi connectivity index (χ4v) is 2.66. The number of ether oxygens (including phenoxy) is 1. The second-order valence-corrected chi connectivity index (χ2v) is 5.12. The molecule has 2 atom stereocenters. The topological polar surface area (TPSA) is 49.9 Å². The summed E-state index contributed by atoms with van der Waals surface area (Å²) in [6.07, 6.45) is -4.37. The molecule has 20 heavy (non-hydrogen) atoms. The number of morpholine rings is 1. The molecule has 0 aromatic carbocycles. The number of carbonyl (C=O) groups excluding carboxylic acids is 2. The molecule has 114 valence electrons. The molecule has 5 nitrogen and oxygen atoms in total. The molecule has 0 N–H and O–H groups in total. The summed E-state index contributed by atoms with van der Waals surface area (Å²) in [6.45, 7) is 2.85. The van der Waals surface area contributed by atoms with E-state index in [1.165, 1.54) is 4.90 Å². The van der Waals surface area contributed by atoms with Crippen molar-refractivity contribution in [2.75, 3.05) is 26.2 Å². The van der Waals surface area contributed by atoms with E-state index >= 15 is 0 Å². The largest absolute Gasteiger partial charge is 0.471 e. The van der Waals surface area contributed by atoms with Gasteiger partial charge in [-0.2, -0.15) is 13.2 Å². The van der Waals surface area contributed by atoms with Crippen LogP contribution in [0, 0.1) is 0 Å². The Kier molecular flexibility index (Phi) is 4.22. The highest BCUT2D eigenvalue weighted by molar-refractivity contribution is 5.90. The number of carbonyl (C=O) groups is 2. The highest BCUT2D eigenvalue weighted by Crippen LogP contribution is 2.27. The second-order valence-electron chi connectivity index (χ2n) is 5.12. The van der Waals surface area contributed by atoms with Crippen molar-refractivity contribution >= 4 is 11.8 Å². The molecule has 2 amide bonds. The lowest BCUT2D eigenvalue weighted by molar-refractivity contribution is -0.187. The molecule has 0 bridgehead atoms. The molecule has 2 saturated heterocycles. The molecule has 2 rings (SSSR count). The lowest BCUT2D eigenvalue weighted by atomic mass is 10.1. The zero-order valence-corrected chi connectivity index (χ0v) is 11.2. The van der Waals surface area contributed by atoms with Gasteiger partial charge in [-0.3, -0.25) is 9.59 Å². The van der Waals surface area contributed by atoms with E-state index in [0.29, 0.717) is 31.0 Å². The van der Waals surface area contributed by atoms with Gasteiger partial charge in [0.15, 0.2) is 0 Å². The average molecular weight is 294 g/mol. The number of alkyl halides is 3. The fraction of sp³-hybridized carbons (Fsp3) is 0.833. The van der Waals surface area contributed by atoms with Crippen molar-refractivity contribution in [1.29, 1.82) is 0 Å². The first kappa shape index (κ1) is 15.1. The Morgan fingerprint density at radius 1 is 1.25 bits per heavy atom. The van der Waals surface area contributed by atoms with E-state index in [4.69, 9.17) is 4.74 Å². The van der Waals surface area contributed by atoms with Crippen LogP contribution in [0.1, 0.15) is 19.8 Å². The molecule has 0 aromatic heterocycles. The van der Waals surface area contributed by atoms with Crippen molar-refractivity contribution in [3.8, 4) is 0 Å². The first-order valence-corrected chi connectivity index (χ1v) is 6.59. The van der Waals surface area contributed by atoms with Crippen molar-refractivity contribution < 1.29 is 27.5 Å². The molecule has 0 aliphatic carbocycles. The van der Waals surface area contributed by atoms with Crippen LogP contribution in [0.15, 0.2) is 0 Å². The van der Waals surface area contributed by atoms with E-state index in [1.54, 1.807) is 6.92 Å². The third-order valence-electron chi connectivity index (χ3n) is 3.59. The lowest BCUT2D eigenvalue weighted by Crippen LogP contribution is -2.54. The Balaban J connectivity index is 2.06. The number of rotatable bonds is 1. The summed E-state index contributed by atoms with van der Waals surface area (Å²) in [5.41, 5.74) is 0. The van der Waals surface area contributed by atoms with Gasteiger partial charge in [0.2, 0.25) is 5.91 Å². The van der Waals surface area contributed by atoms with Gasteiger partial charge in [-0.1, -0.05) is 0 Å². The molecule has 0 radical (unpaired) electrons. The van der Waals surface area contributed by atoms with Gasteiger partial charge in [0.25, 0.3) is 0 Å². The zero-order chi connectivity index (χ0) is 14.9. The molecule has 2 fully saturated rings. The highest BCUT2D eigenvalue weighted by atomic mass is 19.4. The van der Waals surface area contributed by atoms with E-state index in [1.807, 2.05) is 0 Å². The van der Waals surface area contributed by atoms with Gasteiger partial charge in [0.05, 0.1) is 12.7 Å². The first-order chi connectivity index (χ1) is 9.30. The predicted molar refractivity (Wildman–Crippen MR) is 62.8 cm³/mol. The minimum atomic E-state index is -4.93. The number of halogens is 3. The highest BCUT2D eigenvalue weighted by Gasteiger charge is 2.48. The maximum absolute atomic E-state index is 12.5. The minimum absolute atomic E-state index is 0.0192. The van der Waals surface area contributed by atoms with Crippen molar-refractivity contribution in [3.05, 3.63) is 0 Å². The van der Waals surface area contributed by atoms with E-state index in [2.05, 4.69) is 0 Å². The summed E-state index contributed by atoms with van der Waals surface area (Å²) in [4.78, 5) is 25.8. The molecule has 2 heterocycles. The van der Waals surface area contributed by atoms with Gasteiger partial charge >= 0.3 is 12.1 Å². The number of hydrogen-bond donors (Lipinski definition) is 0. The zero-order valence-electron chi connectivity index (χ0n) is 11.2. The normalized spacial score (nSPS) is 27.8. The van der Waals surface area contributed by atoms with Gasteiger partial charge in [-0.05, 0) is 19.8 Å². The van der Waals surface area contributed by atoms with Crippen LogP contribution < -0.4 is 0 Å². The van der Waals surface area contributed by atoms with Gasteiger partial charge in [-0.25, -0.2) is 0 Å². The van der Waals surface area contributed by atoms with Crippen LogP contribution in [-0.2, 0) is 14.3 Å². The van der Waals surface area contributed by atoms with Gasteiger partial charge < -0.3 is 14.5 Å². The Morgan fingerprint density at radius 2 is 1.95 bits per heavy atom. The van der Waals surface area contributed by atoms with Crippen LogP contribution in [0.5, 0.6) is 0 Å². The molecule has 0 spiro atoms. The third kappa shape index (κ3) is 3.05. The fourth-order valence-electron chi connectivity index (χ4n) is 2.66. The van der Waals surface area contributed by atoms with E-state index < -0.39 is 24.0 Å². The Labute approximate surface area is 114 Å². The SMILES string of the molecule is CC1CN(C(=O)C2CCCN2C(=O)C(F)(F)F)CCO1. The van der Waals surface area contributed by atoms with Crippen LogP contribution in [0.4, 0.5) is 13.2 Å². The molecular weight excluding hydrogens is 277 g/mol. The molecule has 0 aromatic rings. The third-order valence-corrected chi connectivity index (χ3v) is 3.59. The van der Waals surface area contributed by atoms with Crippen molar-refractivity contribution in [2.24, 2.45) is 0 Å². The maximum Gasteiger partial charge on any atom is 0.471 e. The van der Waals surface area contributed by atoms with Crippen molar-refractivity contribution in [1.82, 2.24) is 9.80 Å². The van der Waals surface area contributed by atoms with Crippen molar-refractivity contribution in [2.45, 2.75) is 38.1 Å². The standard InChI is InChI=1S/C12H17F3N2O3/c1-8-7-16(5-6-20-8)10(18)9-3-2-4-17(9)11(19)12(13,14)15/h8-9H,2-7H2,1H3. The van der Waals surface area contributed by atoms with E-state index in [0.717, 1.165) is 0 Å². The predicted octanol–water partition coefficient (Wildman–Crippen LogP) is 0.787. The maximum atomic E-state index is 12.5. The molecule has 0 saturated carbocycles. The summed E-state index contributed by atoms with van der Waals surface area (Å²) in [6, 6.07) is -0.991. The summed E-state index contributed by atoms with van der Waals surface area (Å²) in [7, 11) is 0. The molecule has 2 aliphatic heterocycles. The summed E-state index contributed by atoms with van der Waals surface area (Å²) in [5.74, 6) is -2.33. The quantitative estimate of drug-likeness (QED) is 0.718. The molecule has 8 heteroatoms.